The van der Waals surface area contributed by atoms with Crippen molar-refractivity contribution in [1.82, 2.24) is 10.3 Å². The van der Waals surface area contributed by atoms with Crippen molar-refractivity contribution >= 4 is 5.82 Å². The van der Waals surface area contributed by atoms with E-state index in [9.17, 15) is 17.6 Å². The maximum Gasteiger partial charge on any atom is 0.405 e. The molecule has 1 aromatic rings. The topological polar surface area (TPSA) is 28.2 Å². The van der Waals surface area contributed by atoms with E-state index in [1.807, 2.05) is 6.92 Å². The van der Waals surface area contributed by atoms with Gasteiger partial charge in [0.05, 0.1) is 0 Å². The quantitative estimate of drug-likeness (QED) is 0.619. The van der Waals surface area contributed by atoms with Gasteiger partial charge in [0.15, 0.2) is 11.6 Å². The molecule has 3 nitrogen and oxygen atoms in total. The number of rotatable bonds is 7. The first-order valence-corrected chi connectivity index (χ1v) is 7.10. The maximum atomic E-state index is 14.4. The van der Waals surface area contributed by atoms with Gasteiger partial charge in [0, 0.05) is 24.3 Å². The van der Waals surface area contributed by atoms with Gasteiger partial charge in [0.1, 0.15) is 6.54 Å². The Balaban J connectivity index is 2.18. The maximum absolute atomic E-state index is 14.4. The van der Waals surface area contributed by atoms with E-state index >= 15 is 0 Å². The third-order valence-electron chi connectivity index (χ3n) is 3.30. The fourth-order valence-corrected chi connectivity index (χ4v) is 2.16. The molecule has 0 atom stereocenters. The minimum Gasteiger partial charge on any atom is -0.342 e. The zero-order valence-electron chi connectivity index (χ0n) is 11.9. The molecule has 0 bridgehead atoms. The molecule has 0 saturated heterocycles. The van der Waals surface area contributed by atoms with E-state index in [1.165, 1.54) is 12.3 Å². The summed E-state index contributed by atoms with van der Waals surface area (Å²) in [4.78, 5) is 4.88. The normalized spacial score (nSPS) is 15.3. The summed E-state index contributed by atoms with van der Waals surface area (Å²) in [7, 11) is 0. The fraction of sp³-hybridized carbons (Fsp3) is 0.643. The number of hydrogen-bond donors (Lipinski definition) is 1. The Morgan fingerprint density at radius 3 is 2.67 bits per heavy atom. The molecule has 0 unspecified atom stereocenters. The molecular formula is C14H19F4N3. The highest BCUT2D eigenvalue weighted by molar-refractivity contribution is 5.45. The van der Waals surface area contributed by atoms with Gasteiger partial charge in [0.2, 0.25) is 0 Å². The van der Waals surface area contributed by atoms with Gasteiger partial charge >= 0.3 is 6.18 Å². The lowest BCUT2D eigenvalue weighted by molar-refractivity contribution is -0.120. The average Bonchev–Trinajstić information content (AvgIpc) is 3.22. The average molecular weight is 305 g/mol. The van der Waals surface area contributed by atoms with E-state index in [2.05, 4.69) is 10.3 Å². The Morgan fingerprint density at radius 1 is 1.38 bits per heavy atom. The van der Waals surface area contributed by atoms with Crippen LogP contribution in [0, 0.1) is 5.82 Å². The highest BCUT2D eigenvalue weighted by Gasteiger charge is 2.40. The summed E-state index contributed by atoms with van der Waals surface area (Å²) >= 11 is 0. The standard InChI is InChI=1S/C14H19F4N3/c1-2-6-19-8-10-5-7-20-13(12(10)15)21(11-3-4-11)9-14(16,17)18/h5,7,11,19H,2-4,6,8-9H2,1H3. The molecule has 0 amide bonds. The molecule has 0 radical (unpaired) electrons. The van der Waals surface area contributed by atoms with Crippen LogP contribution < -0.4 is 10.2 Å². The molecule has 7 heteroatoms. The Hall–Kier alpha value is -1.37. The van der Waals surface area contributed by atoms with Crippen LogP contribution in [0.5, 0.6) is 0 Å². The molecule has 118 valence electrons. The zero-order valence-corrected chi connectivity index (χ0v) is 11.9. The van der Waals surface area contributed by atoms with Gasteiger partial charge in [-0.05, 0) is 31.9 Å². The molecule has 2 rings (SSSR count). The third kappa shape index (κ3) is 4.56. The molecule has 0 spiro atoms. The molecule has 1 aromatic heterocycles. The van der Waals surface area contributed by atoms with Crippen LogP contribution in [0.1, 0.15) is 31.7 Å². The minimum absolute atomic E-state index is 0.189. The Bertz CT molecular complexity index is 472. The van der Waals surface area contributed by atoms with E-state index in [0.29, 0.717) is 24.9 Å². The molecule has 1 aliphatic carbocycles. The predicted molar refractivity (Wildman–Crippen MR) is 72.6 cm³/mol. The van der Waals surface area contributed by atoms with Gasteiger partial charge < -0.3 is 10.2 Å². The Morgan fingerprint density at radius 2 is 2.10 bits per heavy atom. The van der Waals surface area contributed by atoms with E-state index < -0.39 is 18.5 Å². The number of anilines is 1. The SMILES string of the molecule is CCCNCc1ccnc(N(CC(F)(F)F)C2CC2)c1F. The second-order valence-corrected chi connectivity index (χ2v) is 5.26. The van der Waals surface area contributed by atoms with Crippen LogP contribution >= 0.6 is 0 Å². The molecule has 0 aromatic carbocycles. The smallest absolute Gasteiger partial charge is 0.342 e. The molecule has 21 heavy (non-hydrogen) atoms. The van der Waals surface area contributed by atoms with Gasteiger partial charge in [-0.2, -0.15) is 13.2 Å². The van der Waals surface area contributed by atoms with Crippen LogP contribution in [0.15, 0.2) is 12.3 Å². The van der Waals surface area contributed by atoms with Crippen molar-refractivity contribution in [3.8, 4) is 0 Å². The van der Waals surface area contributed by atoms with Crippen molar-refractivity contribution < 1.29 is 17.6 Å². The molecule has 1 saturated carbocycles. The zero-order chi connectivity index (χ0) is 15.5. The Kier molecular flexibility index (Phi) is 5.03. The molecule has 1 N–H and O–H groups in total. The highest BCUT2D eigenvalue weighted by atomic mass is 19.4. The van der Waals surface area contributed by atoms with Crippen molar-refractivity contribution in [2.75, 3.05) is 18.0 Å². The van der Waals surface area contributed by atoms with Gasteiger partial charge in [-0.1, -0.05) is 6.92 Å². The largest absolute Gasteiger partial charge is 0.405 e. The van der Waals surface area contributed by atoms with E-state index in [1.54, 1.807) is 0 Å². The number of pyridine rings is 1. The summed E-state index contributed by atoms with van der Waals surface area (Å²) in [6, 6.07) is 1.24. The van der Waals surface area contributed by atoms with Crippen molar-refractivity contribution in [3.05, 3.63) is 23.6 Å². The first-order valence-electron chi connectivity index (χ1n) is 7.10. The van der Waals surface area contributed by atoms with E-state index in [0.717, 1.165) is 17.9 Å². The van der Waals surface area contributed by atoms with Gasteiger partial charge in [-0.25, -0.2) is 9.37 Å². The molecule has 0 aliphatic heterocycles. The third-order valence-corrected chi connectivity index (χ3v) is 3.30. The number of nitrogens with zero attached hydrogens (tertiary/aromatic N) is 2. The van der Waals surface area contributed by atoms with E-state index in [4.69, 9.17) is 0 Å². The van der Waals surface area contributed by atoms with Crippen LogP contribution in [-0.2, 0) is 6.54 Å². The summed E-state index contributed by atoms with van der Waals surface area (Å²) < 4.78 is 52.4. The molecule has 1 heterocycles. The molecule has 1 aliphatic rings. The van der Waals surface area contributed by atoms with Crippen LogP contribution in [-0.4, -0.2) is 30.3 Å². The number of hydrogen-bond acceptors (Lipinski definition) is 3. The van der Waals surface area contributed by atoms with E-state index in [-0.39, 0.29) is 11.9 Å². The van der Waals surface area contributed by atoms with Crippen molar-refractivity contribution in [3.63, 3.8) is 0 Å². The monoisotopic (exact) mass is 305 g/mol. The fourth-order valence-electron chi connectivity index (χ4n) is 2.16. The Labute approximate surface area is 121 Å². The van der Waals surface area contributed by atoms with Gasteiger partial charge in [-0.15, -0.1) is 0 Å². The second kappa shape index (κ2) is 6.60. The van der Waals surface area contributed by atoms with Crippen molar-refractivity contribution in [2.24, 2.45) is 0 Å². The lowest BCUT2D eigenvalue weighted by Gasteiger charge is -2.25. The van der Waals surface area contributed by atoms with Crippen LogP contribution in [0.4, 0.5) is 23.4 Å². The van der Waals surface area contributed by atoms with Crippen molar-refractivity contribution in [2.45, 2.75) is 44.9 Å². The number of nitrogens with one attached hydrogen (secondary N) is 1. The molecular weight excluding hydrogens is 286 g/mol. The van der Waals surface area contributed by atoms with Crippen LogP contribution in [0.25, 0.3) is 0 Å². The first kappa shape index (κ1) is 16.0. The summed E-state index contributed by atoms with van der Waals surface area (Å²) in [6.45, 7) is 1.85. The van der Waals surface area contributed by atoms with Crippen LogP contribution in [0.3, 0.4) is 0 Å². The number of halogens is 4. The van der Waals surface area contributed by atoms with Crippen LogP contribution in [0.2, 0.25) is 0 Å². The number of aromatic nitrogens is 1. The number of alkyl halides is 3. The minimum atomic E-state index is -4.37. The first-order chi connectivity index (χ1) is 9.92. The molecule has 1 fully saturated rings. The summed E-state index contributed by atoms with van der Waals surface area (Å²) in [6.07, 6.45) is -0.798. The summed E-state index contributed by atoms with van der Waals surface area (Å²) in [5, 5.41) is 3.04. The summed E-state index contributed by atoms with van der Waals surface area (Å²) in [5.74, 6) is -0.845. The van der Waals surface area contributed by atoms with Gasteiger partial charge in [0.25, 0.3) is 0 Å². The lowest BCUT2D eigenvalue weighted by Crippen LogP contribution is -2.37. The predicted octanol–water partition coefficient (Wildman–Crippen LogP) is 3.25. The van der Waals surface area contributed by atoms with Gasteiger partial charge in [-0.3, -0.25) is 0 Å². The highest BCUT2D eigenvalue weighted by Crippen LogP contribution is 2.35. The summed E-state index contributed by atoms with van der Waals surface area (Å²) in [5.41, 5.74) is 0.348. The lowest BCUT2D eigenvalue weighted by atomic mass is 10.2. The van der Waals surface area contributed by atoms with Crippen molar-refractivity contribution in [1.29, 1.82) is 0 Å². The second-order valence-electron chi connectivity index (χ2n) is 5.26.